The first-order valence-electron chi connectivity index (χ1n) is 10.2. The summed E-state index contributed by atoms with van der Waals surface area (Å²) in [5.41, 5.74) is 4.02. The molecule has 0 aliphatic rings. The van der Waals surface area contributed by atoms with Crippen LogP contribution in [0, 0.1) is 13.8 Å². The van der Waals surface area contributed by atoms with Gasteiger partial charge in [0.05, 0.1) is 4.90 Å². The van der Waals surface area contributed by atoms with Crippen molar-refractivity contribution in [3.8, 4) is 0 Å². The van der Waals surface area contributed by atoms with Gasteiger partial charge in [-0.3, -0.25) is 9.52 Å². The summed E-state index contributed by atoms with van der Waals surface area (Å²) in [6.45, 7) is 3.89. The molecule has 0 unspecified atom stereocenters. The van der Waals surface area contributed by atoms with Gasteiger partial charge in [0.15, 0.2) is 5.11 Å². The Morgan fingerprint density at radius 3 is 2.27 bits per heavy atom. The van der Waals surface area contributed by atoms with Crippen LogP contribution in [0.25, 0.3) is 0 Å². The maximum absolute atomic E-state index is 12.7. The van der Waals surface area contributed by atoms with Gasteiger partial charge in [-0.15, -0.1) is 0 Å². The summed E-state index contributed by atoms with van der Waals surface area (Å²) in [5, 5.41) is 6.24. The molecule has 0 fully saturated rings. The number of carbonyl (C=O) groups excluding carboxylic acids is 1. The number of sulfonamides is 1. The van der Waals surface area contributed by atoms with Gasteiger partial charge in [-0.1, -0.05) is 35.9 Å². The molecule has 0 aliphatic carbocycles. The molecule has 9 heteroatoms. The monoisotopic (exact) mass is 501 g/mol. The van der Waals surface area contributed by atoms with E-state index in [1.54, 1.807) is 30.3 Å². The van der Waals surface area contributed by atoms with E-state index < -0.39 is 10.0 Å². The summed E-state index contributed by atoms with van der Waals surface area (Å²) in [6, 6.07) is 18.8. The van der Waals surface area contributed by atoms with Gasteiger partial charge in [0.25, 0.3) is 10.0 Å². The molecule has 172 valence electrons. The van der Waals surface area contributed by atoms with Crippen molar-refractivity contribution in [1.29, 1.82) is 0 Å². The number of nitrogens with one attached hydrogen (secondary N) is 3. The molecule has 0 spiro atoms. The van der Waals surface area contributed by atoms with Crippen molar-refractivity contribution in [3.05, 3.63) is 88.4 Å². The average Bonchev–Trinajstić information content (AvgIpc) is 2.76. The van der Waals surface area contributed by atoms with Gasteiger partial charge in [-0.2, -0.15) is 0 Å². The van der Waals surface area contributed by atoms with Crippen molar-refractivity contribution in [3.63, 3.8) is 0 Å². The number of benzene rings is 3. The van der Waals surface area contributed by atoms with Crippen LogP contribution in [-0.4, -0.2) is 19.4 Å². The first-order valence-corrected chi connectivity index (χ1v) is 12.5. The SMILES string of the molecule is Cc1ccc(NS(=O)(=O)c2ccc(NC(=S)NC(=O)CCc3ccccc3Cl)cc2)cc1C. The van der Waals surface area contributed by atoms with Crippen LogP contribution in [0.15, 0.2) is 71.6 Å². The number of thiocarbonyl (C=S) groups is 1. The quantitative estimate of drug-likeness (QED) is 0.387. The second-order valence-electron chi connectivity index (χ2n) is 7.52. The zero-order valence-corrected chi connectivity index (χ0v) is 20.6. The van der Waals surface area contributed by atoms with E-state index in [0.717, 1.165) is 16.7 Å². The van der Waals surface area contributed by atoms with Crippen LogP contribution in [0.4, 0.5) is 11.4 Å². The Hall–Kier alpha value is -2.94. The van der Waals surface area contributed by atoms with Crippen molar-refractivity contribution < 1.29 is 13.2 Å². The number of hydrogen-bond donors (Lipinski definition) is 3. The lowest BCUT2D eigenvalue weighted by atomic mass is 10.1. The Morgan fingerprint density at radius 2 is 1.61 bits per heavy atom. The Kier molecular flexibility index (Phi) is 8.07. The largest absolute Gasteiger partial charge is 0.332 e. The summed E-state index contributed by atoms with van der Waals surface area (Å²) in [6.07, 6.45) is 0.723. The zero-order chi connectivity index (χ0) is 24.0. The molecule has 0 atom stereocenters. The fraction of sp³-hybridized carbons (Fsp3) is 0.167. The molecule has 6 nitrogen and oxygen atoms in total. The van der Waals surface area contributed by atoms with Crippen LogP contribution in [0.2, 0.25) is 5.02 Å². The lowest BCUT2D eigenvalue weighted by Gasteiger charge is -2.12. The number of halogens is 1. The topological polar surface area (TPSA) is 87.3 Å². The molecule has 0 radical (unpaired) electrons. The summed E-state index contributed by atoms with van der Waals surface area (Å²) in [7, 11) is -3.74. The van der Waals surface area contributed by atoms with Gasteiger partial charge in [0.1, 0.15) is 0 Å². The maximum atomic E-state index is 12.7. The Bertz CT molecular complexity index is 1280. The third-order valence-corrected chi connectivity index (χ3v) is 6.98. The van der Waals surface area contributed by atoms with Crippen LogP contribution in [0.5, 0.6) is 0 Å². The molecule has 3 rings (SSSR count). The van der Waals surface area contributed by atoms with E-state index in [1.165, 1.54) is 12.1 Å². The molecule has 0 heterocycles. The fourth-order valence-corrected chi connectivity index (χ4v) is 4.55. The fourth-order valence-electron chi connectivity index (χ4n) is 3.04. The van der Waals surface area contributed by atoms with E-state index in [4.69, 9.17) is 23.8 Å². The summed E-state index contributed by atoms with van der Waals surface area (Å²) in [5.74, 6) is -0.246. The molecule has 0 saturated carbocycles. The van der Waals surface area contributed by atoms with Gasteiger partial charge in [-0.05, 0) is 91.6 Å². The summed E-state index contributed by atoms with van der Waals surface area (Å²) >= 11 is 11.3. The number of aryl methyl sites for hydroxylation is 3. The smallest absolute Gasteiger partial charge is 0.261 e. The average molecular weight is 502 g/mol. The van der Waals surface area contributed by atoms with Gasteiger partial charge in [-0.25, -0.2) is 8.42 Å². The highest BCUT2D eigenvalue weighted by molar-refractivity contribution is 7.92. The molecule has 3 aromatic rings. The lowest BCUT2D eigenvalue weighted by molar-refractivity contribution is -0.119. The number of hydrogen-bond acceptors (Lipinski definition) is 4. The van der Waals surface area contributed by atoms with Crippen LogP contribution in [-0.2, 0) is 21.2 Å². The second kappa shape index (κ2) is 10.8. The number of anilines is 2. The van der Waals surface area contributed by atoms with Crippen LogP contribution in [0.3, 0.4) is 0 Å². The van der Waals surface area contributed by atoms with Gasteiger partial charge < -0.3 is 10.6 Å². The number of amides is 1. The predicted octanol–water partition coefficient (Wildman–Crippen LogP) is 5.20. The molecule has 0 aliphatic heterocycles. The van der Waals surface area contributed by atoms with Crippen molar-refractivity contribution in [2.24, 2.45) is 0 Å². The van der Waals surface area contributed by atoms with Crippen molar-refractivity contribution in [1.82, 2.24) is 5.32 Å². The second-order valence-corrected chi connectivity index (χ2v) is 10.0. The Labute approximate surface area is 204 Å². The maximum Gasteiger partial charge on any atom is 0.261 e. The van der Waals surface area contributed by atoms with Crippen molar-refractivity contribution in [2.75, 3.05) is 10.0 Å². The molecule has 3 aromatic carbocycles. The van der Waals surface area contributed by atoms with Gasteiger partial charge >= 0.3 is 0 Å². The molecule has 33 heavy (non-hydrogen) atoms. The minimum absolute atomic E-state index is 0.112. The van der Waals surface area contributed by atoms with Crippen LogP contribution in [0.1, 0.15) is 23.1 Å². The van der Waals surface area contributed by atoms with Crippen LogP contribution >= 0.6 is 23.8 Å². The molecule has 3 N–H and O–H groups in total. The number of carbonyl (C=O) groups is 1. The highest BCUT2D eigenvalue weighted by Crippen LogP contribution is 2.20. The highest BCUT2D eigenvalue weighted by atomic mass is 35.5. The molecular formula is C24H24ClN3O3S2. The van der Waals surface area contributed by atoms with E-state index >= 15 is 0 Å². The first kappa shape index (κ1) is 24.7. The van der Waals surface area contributed by atoms with E-state index in [1.807, 2.05) is 38.1 Å². The molecule has 0 saturated heterocycles. The van der Waals surface area contributed by atoms with E-state index in [2.05, 4.69) is 15.4 Å². The Balaban J connectivity index is 1.54. The van der Waals surface area contributed by atoms with Crippen LogP contribution < -0.4 is 15.4 Å². The summed E-state index contributed by atoms with van der Waals surface area (Å²) in [4.78, 5) is 12.3. The minimum Gasteiger partial charge on any atom is -0.332 e. The van der Waals surface area contributed by atoms with Gasteiger partial charge in [0.2, 0.25) is 5.91 Å². The molecule has 0 bridgehead atoms. The Morgan fingerprint density at radius 1 is 0.939 bits per heavy atom. The number of rotatable bonds is 7. The molecule has 0 aromatic heterocycles. The van der Waals surface area contributed by atoms with Gasteiger partial charge in [0, 0.05) is 22.8 Å². The minimum atomic E-state index is -3.74. The van der Waals surface area contributed by atoms with E-state index in [0.29, 0.717) is 22.8 Å². The third kappa shape index (κ3) is 7.02. The normalized spacial score (nSPS) is 11.0. The first-order chi connectivity index (χ1) is 15.6. The molecule has 1 amide bonds. The summed E-state index contributed by atoms with van der Waals surface area (Å²) < 4.78 is 27.9. The lowest BCUT2D eigenvalue weighted by Crippen LogP contribution is -2.34. The van der Waals surface area contributed by atoms with Crippen molar-refractivity contribution >= 4 is 56.2 Å². The predicted molar refractivity (Wildman–Crippen MR) is 137 cm³/mol. The van der Waals surface area contributed by atoms with Crippen molar-refractivity contribution in [2.45, 2.75) is 31.6 Å². The zero-order valence-electron chi connectivity index (χ0n) is 18.2. The third-order valence-electron chi connectivity index (χ3n) is 5.01. The standard InChI is InChI=1S/C24H24ClN3O3S2/c1-16-7-9-20(15-17(16)2)28-33(30,31)21-12-10-19(11-13-21)26-24(32)27-23(29)14-8-18-5-3-4-6-22(18)25/h3-7,9-13,15,28H,8,14H2,1-2H3,(H2,26,27,29,32). The highest BCUT2D eigenvalue weighted by Gasteiger charge is 2.15. The van der Waals surface area contributed by atoms with E-state index in [9.17, 15) is 13.2 Å². The van der Waals surface area contributed by atoms with E-state index in [-0.39, 0.29) is 22.3 Å². The molecular weight excluding hydrogens is 478 g/mol.